The van der Waals surface area contributed by atoms with Gasteiger partial charge in [0.15, 0.2) is 0 Å². The summed E-state index contributed by atoms with van der Waals surface area (Å²) < 4.78 is 92.1. The lowest BCUT2D eigenvalue weighted by molar-refractivity contribution is -0.141. The molecule has 2 aliphatic rings. The summed E-state index contributed by atoms with van der Waals surface area (Å²) in [6, 6.07) is 10.7. The average Bonchev–Trinajstić information content (AvgIpc) is 3.77. The van der Waals surface area contributed by atoms with Crippen LogP contribution in [-0.4, -0.2) is 66.3 Å². The summed E-state index contributed by atoms with van der Waals surface area (Å²) in [7, 11) is 2.89. The van der Waals surface area contributed by atoms with Crippen molar-refractivity contribution < 1.29 is 50.5 Å². The van der Waals surface area contributed by atoms with Crippen LogP contribution < -0.4 is 20.1 Å². The molecule has 2 fully saturated rings. The Morgan fingerprint density at radius 2 is 1.17 bits per heavy atom. The fraction of sp³-hybridized carbons (Fsp3) is 0.422. The van der Waals surface area contributed by atoms with Gasteiger partial charge in [0.1, 0.15) is 22.9 Å². The Balaban J connectivity index is 0.000000191. The molecule has 13 nitrogen and oxygen atoms in total. The van der Waals surface area contributed by atoms with E-state index in [9.17, 15) is 41.0 Å². The molecule has 0 unspecified atom stereocenters. The van der Waals surface area contributed by atoms with Crippen molar-refractivity contribution in [1.82, 2.24) is 29.5 Å². The molecule has 6 aromatic rings. The molecular weight excluding hydrogens is 847 g/mol. The highest BCUT2D eigenvalue weighted by Crippen LogP contribution is 2.48. The van der Waals surface area contributed by atoms with E-state index in [4.69, 9.17) is 9.47 Å². The van der Waals surface area contributed by atoms with Crippen LogP contribution in [0.25, 0.3) is 21.8 Å². The van der Waals surface area contributed by atoms with Crippen LogP contribution in [0.1, 0.15) is 104 Å². The minimum atomic E-state index is -4.65. The lowest BCUT2D eigenvalue weighted by Gasteiger charge is -2.43. The first kappa shape index (κ1) is 45.8. The summed E-state index contributed by atoms with van der Waals surface area (Å²) in [6.07, 6.45) is 0.209. The van der Waals surface area contributed by atoms with Crippen molar-refractivity contribution in [2.75, 3.05) is 24.9 Å². The van der Waals surface area contributed by atoms with E-state index >= 15 is 0 Å². The number of hydrogen-bond acceptors (Lipinski definition) is 9. The molecule has 0 bridgehead atoms. The first-order valence-electron chi connectivity index (χ1n) is 20.5. The first-order chi connectivity index (χ1) is 29.9. The summed E-state index contributed by atoms with van der Waals surface area (Å²) in [6.45, 7) is 10.3. The Morgan fingerprint density at radius 3 is 1.64 bits per heavy atom. The Morgan fingerprint density at radius 1 is 0.672 bits per heavy atom. The number of alkyl halides is 6. The summed E-state index contributed by atoms with van der Waals surface area (Å²) >= 11 is 0. The standard InChI is InChI=1S/C23H25F3N4O2.C22H23F3N4O3/c1-22(2,3)15-8-16(9-15)30-12-13-7-18(20(32-4)11-17(13)29-30)28-21(31)19-10-14(5-6-27-19)23(24,25)26;1-21(2,31)14-8-15(9-14)29-11-13-6-17(18(32-3)10-16(13)28-29)27-20(30)12-4-5-26-19(7-12)22(23,24)25/h5-7,10-12,15-16H,8-9H2,1-4H3,(H,28,31);4-7,10-11,14-15,31H,8-9H2,1-3H3,(H,27,30). The molecule has 8 rings (SSSR count). The Kier molecular flexibility index (Phi) is 12.2. The van der Waals surface area contributed by atoms with Crippen LogP contribution in [0.5, 0.6) is 11.5 Å². The number of methoxy groups -OCH3 is 2. The molecule has 4 aromatic heterocycles. The van der Waals surface area contributed by atoms with Crippen LogP contribution in [0, 0.1) is 17.3 Å². The Labute approximate surface area is 364 Å². The van der Waals surface area contributed by atoms with Crippen LogP contribution in [0.3, 0.4) is 0 Å². The van der Waals surface area contributed by atoms with E-state index in [0.29, 0.717) is 46.4 Å². The van der Waals surface area contributed by atoms with Crippen LogP contribution >= 0.6 is 0 Å². The molecule has 64 heavy (non-hydrogen) atoms. The summed E-state index contributed by atoms with van der Waals surface area (Å²) in [5.74, 6) is 0.0758. The number of halogens is 6. The quantitative estimate of drug-likeness (QED) is 0.120. The van der Waals surface area contributed by atoms with E-state index in [1.165, 1.54) is 20.3 Å². The lowest BCUT2D eigenvalue weighted by Crippen LogP contribution is -2.41. The maximum atomic E-state index is 13.0. The molecule has 2 aliphatic carbocycles. The minimum Gasteiger partial charge on any atom is -0.494 e. The molecule has 0 aliphatic heterocycles. The van der Waals surface area contributed by atoms with Crippen molar-refractivity contribution in [2.24, 2.45) is 17.3 Å². The van der Waals surface area contributed by atoms with Gasteiger partial charge in [-0.25, -0.2) is 0 Å². The maximum absolute atomic E-state index is 13.0. The van der Waals surface area contributed by atoms with Gasteiger partial charge in [0.2, 0.25) is 0 Å². The summed E-state index contributed by atoms with van der Waals surface area (Å²) in [5.41, 5.74) is -1.01. The molecule has 340 valence electrons. The molecule has 2 amide bonds. The van der Waals surface area contributed by atoms with Gasteiger partial charge in [-0.15, -0.1) is 0 Å². The Bertz CT molecular complexity index is 2500. The van der Waals surface area contributed by atoms with Crippen molar-refractivity contribution >= 4 is 45.0 Å². The predicted octanol–water partition coefficient (Wildman–Crippen LogP) is 10.1. The number of nitrogens with one attached hydrogen (secondary N) is 2. The number of pyridine rings is 2. The zero-order chi connectivity index (χ0) is 46.5. The second-order valence-corrected chi connectivity index (χ2v) is 17.9. The van der Waals surface area contributed by atoms with Gasteiger partial charge in [-0.2, -0.15) is 36.5 Å². The number of hydrogen-bond donors (Lipinski definition) is 3. The number of aromatic nitrogens is 6. The van der Waals surface area contributed by atoms with Gasteiger partial charge in [-0.3, -0.25) is 28.9 Å². The normalized spacial score (nSPS) is 19.0. The number of ether oxygens (including phenoxy) is 2. The molecule has 4 heterocycles. The minimum absolute atomic E-state index is 0.167. The number of amides is 2. The van der Waals surface area contributed by atoms with Gasteiger partial charge in [-0.1, -0.05) is 20.8 Å². The van der Waals surface area contributed by atoms with Gasteiger partial charge >= 0.3 is 12.4 Å². The van der Waals surface area contributed by atoms with Gasteiger partial charge in [0, 0.05) is 53.3 Å². The fourth-order valence-electron chi connectivity index (χ4n) is 7.78. The molecule has 0 spiro atoms. The molecule has 0 atom stereocenters. The van der Waals surface area contributed by atoms with Crippen LogP contribution in [0.15, 0.2) is 73.3 Å². The predicted molar refractivity (Wildman–Crippen MR) is 226 cm³/mol. The highest BCUT2D eigenvalue weighted by molar-refractivity contribution is 6.06. The third-order valence-electron chi connectivity index (χ3n) is 12.0. The van der Waals surface area contributed by atoms with E-state index in [2.05, 4.69) is 51.6 Å². The molecule has 3 N–H and O–H groups in total. The van der Waals surface area contributed by atoms with Gasteiger partial charge in [0.25, 0.3) is 11.8 Å². The molecule has 19 heteroatoms. The number of aliphatic hydroxyl groups is 1. The van der Waals surface area contributed by atoms with Gasteiger partial charge in [-0.05, 0) is 93.2 Å². The first-order valence-corrected chi connectivity index (χ1v) is 20.5. The van der Waals surface area contributed by atoms with Crippen molar-refractivity contribution in [3.63, 3.8) is 0 Å². The highest BCUT2D eigenvalue weighted by atomic mass is 19.4. The van der Waals surface area contributed by atoms with Gasteiger partial charge in [0.05, 0.1) is 59.9 Å². The van der Waals surface area contributed by atoms with Gasteiger partial charge < -0.3 is 25.2 Å². The van der Waals surface area contributed by atoms with E-state index in [1.54, 1.807) is 38.1 Å². The SMILES string of the molecule is COc1cc2nn(C3CC(C(C)(C)C)C3)cc2cc1NC(=O)c1cc(C(F)(F)F)ccn1.COc1cc2nn(C3CC(C(C)(C)O)C3)cc2cc1NC(=O)c1ccnc(C(F)(F)F)c1. The third-order valence-corrected chi connectivity index (χ3v) is 12.0. The van der Waals surface area contributed by atoms with Crippen molar-refractivity contribution in [3.05, 3.63) is 95.8 Å². The van der Waals surface area contributed by atoms with E-state index in [0.717, 1.165) is 66.5 Å². The van der Waals surface area contributed by atoms with Crippen molar-refractivity contribution in [3.8, 4) is 11.5 Å². The number of fused-ring (bicyclic) bond motifs is 2. The zero-order valence-corrected chi connectivity index (χ0v) is 36.1. The van der Waals surface area contributed by atoms with E-state index in [-0.39, 0.29) is 28.6 Å². The molecule has 0 saturated heterocycles. The summed E-state index contributed by atoms with van der Waals surface area (Å²) in [4.78, 5) is 32.2. The average molecular weight is 895 g/mol. The molecule has 2 saturated carbocycles. The third kappa shape index (κ3) is 9.93. The van der Waals surface area contributed by atoms with Crippen LogP contribution in [0.2, 0.25) is 0 Å². The number of rotatable bonds is 9. The molecule has 2 aromatic carbocycles. The second-order valence-electron chi connectivity index (χ2n) is 17.9. The largest absolute Gasteiger partial charge is 0.494 e. The smallest absolute Gasteiger partial charge is 0.433 e. The number of nitrogens with zero attached hydrogens (tertiary/aromatic N) is 6. The fourth-order valence-corrected chi connectivity index (χ4v) is 7.78. The zero-order valence-electron chi connectivity index (χ0n) is 36.1. The van der Waals surface area contributed by atoms with Crippen LogP contribution in [-0.2, 0) is 12.4 Å². The topological polar surface area (TPSA) is 158 Å². The van der Waals surface area contributed by atoms with E-state index in [1.807, 2.05) is 21.8 Å². The lowest BCUT2D eigenvalue weighted by atomic mass is 9.66. The monoisotopic (exact) mass is 894 g/mol. The number of anilines is 2. The highest BCUT2D eigenvalue weighted by Gasteiger charge is 2.41. The van der Waals surface area contributed by atoms with Crippen LogP contribution in [0.4, 0.5) is 37.7 Å². The van der Waals surface area contributed by atoms with Crippen molar-refractivity contribution in [1.29, 1.82) is 0 Å². The van der Waals surface area contributed by atoms with E-state index < -0.39 is 41.0 Å². The summed E-state index contributed by atoms with van der Waals surface area (Å²) in [5, 5.41) is 26.2. The number of benzene rings is 2. The number of carbonyl (C=O) groups excluding carboxylic acids is 2. The second kappa shape index (κ2) is 17.0. The molecular formula is C45H48F6N8O5. The molecule has 0 radical (unpaired) electrons. The van der Waals surface area contributed by atoms with Crippen molar-refractivity contribution in [2.45, 2.75) is 90.3 Å². The maximum Gasteiger partial charge on any atom is 0.433 e. The number of carbonyl (C=O) groups is 2. The Hall–Kier alpha value is -6.24.